The lowest BCUT2D eigenvalue weighted by Crippen LogP contribution is -2.08. The highest BCUT2D eigenvalue weighted by Crippen LogP contribution is 2.15. The van der Waals surface area contributed by atoms with Crippen LogP contribution in [0.4, 0.5) is 8.78 Å². The number of carbonyl (C=O) groups excluding carboxylic acids is 1. The van der Waals surface area contributed by atoms with Crippen LogP contribution in [0.2, 0.25) is 0 Å². The fraction of sp³-hybridized carbons (Fsp3) is 0.200. The summed E-state index contributed by atoms with van der Waals surface area (Å²) >= 11 is 0. The highest BCUT2D eigenvalue weighted by Gasteiger charge is 2.16. The second kappa shape index (κ2) is 4.51. The Labute approximate surface area is 84.9 Å². The Morgan fingerprint density at radius 1 is 1.47 bits per heavy atom. The Bertz CT molecular complexity index is 438. The van der Waals surface area contributed by atoms with Crippen molar-refractivity contribution in [2.24, 2.45) is 0 Å². The number of hydrogen-bond acceptors (Lipinski definition) is 3. The third kappa shape index (κ3) is 2.29. The van der Waals surface area contributed by atoms with E-state index in [1.807, 2.05) is 0 Å². The molecule has 0 aliphatic heterocycles. The van der Waals surface area contributed by atoms with E-state index in [0.29, 0.717) is 6.07 Å². The van der Waals surface area contributed by atoms with Crippen LogP contribution in [0.15, 0.2) is 12.1 Å². The lowest BCUT2D eigenvalue weighted by atomic mass is 10.1. The Morgan fingerprint density at radius 2 is 2.13 bits per heavy atom. The minimum Gasteiger partial charge on any atom is -0.462 e. The van der Waals surface area contributed by atoms with Crippen LogP contribution in [0.25, 0.3) is 0 Å². The monoisotopic (exact) mass is 211 g/mol. The van der Waals surface area contributed by atoms with E-state index in [0.717, 1.165) is 6.07 Å². The first-order chi connectivity index (χ1) is 7.10. The maximum atomic E-state index is 13.1. The fourth-order valence-corrected chi connectivity index (χ4v) is 1.000. The van der Waals surface area contributed by atoms with Crippen molar-refractivity contribution in [3.63, 3.8) is 0 Å². The molecule has 0 aliphatic carbocycles. The van der Waals surface area contributed by atoms with Gasteiger partial charge in [-0.15, -0.1) is 0 Å². The Balaban J connectivity index is 3.20. The molecular weight excluding hydrogens is 204 g/mol. The van der Waals surface area contributed by atoms with Crippen molar-refractivity contribution in [1.82, 2.24) is 0 Å². The maximum Gasteiger partial charge on any atom is 0.341 e. The smallest absolute Gasteiger partial charge is 0.341 e. The van der Waals surface area contributed by atoms with Crippen molar-refractivity contribution >= 4 is 5.97 Å². The summed E-state index contributed by atoms with van der Waals surface area (Å²) in [7, 11) is 0. The predicted molar refractivity (Wildman–Crippen MR) is 47.0 cm³/mol. The summed E-state index contributed by atoms with van der Waals surface area (Å²) in [4.78, 5) is 11.2. The van der Waals surface area contributed by atoms with Crippen LogP contribution in [0.1, 0.15) is 22.8 Å². The van der Waals surface area contributed by atoms with Crippen molar-refractivity contribution in [3.05, 3.63) is 34.9 Å². The molecule has 0 bridgehead atoms. The molecule has 0 saturated carbocycles. The van der Waals surface area contributed by atoms with Crippen LogP contribution in [0.3, 0.4) is 0 Å². The van der Waals surface area contributed by atoms with Gasteiger partial charge in [-0.3, -0.25) is 0 Å². The summed E-state index contributed by atoms with van der Waals surface area (Å²) < 4.78 is 30.5. The van der Waals surface area contributed by atoms with Crippen LogP contribution in [0.5, 0.6) is 0 Å². The zero-order valence-electron chi connectivity index (χ0n) is 7.88. The summed E-state index contributed by atoms with van der Waals surface area (Å²) in [5, 5.41) is 8.48. The molecule has 1 aromatic rings. The molecule has 0 spiro atoms. The van der Waals surface area contributed by atoms with Gasteiger partial charge in [-0.25, -0.2) is 13.6 Å². The number of halogens is 2. The van der Waals surface area contributed by atoms with Crippen molar-refractivity contribution in [2.75, 3.05) is 6.61 Å². The Hall–Kier alpha value is -1.96. The summed E-state index contributed by atoms with van der Waals surface area (Å²) in [6.07, 6.45) is 0. The first-order valence-electron chi connectivity index (χ1n) is 4.16. The molecule has 1 rings (SSSR count). The molecule has 0 aliphatic rings. The van der Waals surface area contributed by atoms with Gasteiger partial charge in [0, 0.05) is 6.07 Å². The number of rotatable bonds is 2. The summed E-state index contributed by atoms with van der Waals surface area (Å²) in [6.45, 7) is 1.64. The quantitative estimate of drug-likeness (QED) is 0.703. The normalized spacial score (nSPS) is 9.47. The Morgan fingerprint density at radius 3 is 2.67 bits per heavy atom. The highest BCUT2D eigenvalue weighted by atomic mass is 19.1. The number of esters is 1. The van der Waals surface area contributed by atoms with Crippen molar-refractivity contribution in [2.45, 2.75) is 6.92 Å². The van der Waals surface area contributed by atoms with E-state index in [1.165, 1.54) is 6.07 Å². The molecule has 0 fully saturated rings. The van der Waals surface area contributed by atoms with Gasteiger partial charge in [-0.2, -0.15) is 5.26 Å². The van der Waals surface area contributed by atoms with E-state index >= 15 is 0 Å². The third-order valence-corrected chi connectivity index (χ3v) is 1.67. The first-order valence-corrected chi connectivity index (χ1v) is 4.16. The Kier molecular flexibility index (Phi) is 3.34. The van der Waals surface area contributed by atoms with Gasteiger partial charge in [-0.05, 0) is 13.0 Å². The summed E-state index contributed by atoms with van der Waals surface area (Å²) in [6, 6.07) is 2.84. The minimum absolute atomic E-state index is 0.0809. The minimum atomic E-state index is -1.04. The topological polar surface area (TPSA) is 50.1 Å². The second-order valence-corrected chi connectivity index (χ2v) is 2.64. The van der Waals surface area contributed by atoms with Crippen LogP contribution < -0.4 is 0 Å². The van der Waals surface area contributed by atoms with Crippen LogP contribution in [-0.2, 0) is 4.74 Å². The molecule has 1 aromatic carbocycles. The van der Waals surface area contributed by atoms with Crippen molar-refractivity contribution in [1.29, 1.82) is 5.26 Å². The zero-order chi connectivity index (χ0) is 11.4. The van der Waals surface area contributed by atoms with E-state index < -0.39 is 23.2 Å². The fourth-order valence-electron chi connectivity index (χ4n) is 1.000. The molecule has 5 heteroatoms. The predicted octanol–water partition coefficient (Wildman–Crippen LogP) is 2.01. The maximum absolute atomic E-state index is 13.1. The lowest BCUT2D eigenvalue weighted by molar-refractivity contribution is 0.0521. The second-order valence-electron chi connectivity index (χ2n) is 2.64. The SMILES string of the molecule is CCOC(=O)c1cc(C#N)c(F)cc1F. The summed E-state index contributed by atoms with van der Waals surface area (Å²) in [5.41, 5.74) is -0.825. The lowest BCUT2D eigenvalue weighted by Gasteiger charge is -2.03. The van der Waals surface area contributed by atoms with Crippen LogP contribution >= 0.6 is 0 Å². The van der Waals surface area contributed by atoms with Gasteiger partial charge in [0.1, 0.15) is 17.7 Å². The average molecular weight is 211 g/mol. The first kappa shape index (κ1) is 11.1. The molecule has 15 heavy (non-hydrogen) atoms. The zero-order valence-corrected chi connectivity index (χ0v) is 7.88. The molecule has 0 atom stereocenters. The number of ether oxygens (including phenoxy) is 1. The van der Waals surface area contributed by atoms with E-state index in [4.69, 9.17) is 5.26 Å². The van der Waals surface area contributed by atoms with Gasteiger partial charge in [0.15, 0.2) is 0 Å². The van der Waals surface area contributed by atoms with E-state index in [9.17, 15) is 13.6 Å². The number of carbonyl (C=O) groups is 1. The highest BCUT2D eigenvalue weighted by molar-refractivity contribution is 5.90. The van der Waals surface area contributed by atoms with Crippen molar-refractivity contribution in [3.8, 4) is 6.07 Å². The van der Waals surface area contributed by atoms with Gasteiger partial charge in [0.2, 0.25) is 0 Å². The molecule has 0 unspecified atom stereocenters. The van der Waals surface area contributed by atoms with E-state index in [2.05, 4.69) is 4.74 Å². The van der Waals surface area contributed by atoms with Gasteiger partial charge in [-0.1, -0.05) is 0 Å². The molecule has 0 radical (unpaired) electrons. The summed E-state index contributed by atoms with van der Waals surface area (Å²) in [5.74, 6) is -2.94. The van der Waals surface area contributed by atoms with Gasteiger partial charge in [0.05, 0.1) is 17.7 Å². The number of nitriles is 1. The molecule has 0 saturated heterocycles. The molecule has 3 nitrogen and oxygen atoms in total. The average Bonchev–Trinajstić information content (AvgIpc) is 2.18. The third-order valence-electron chi connectivity index (χ3n) is 1.67. The van der Waals surface area contributed by atoms with E-state index in [1.54, 1.807) is 6.92 Å². The van der Waals surface area contributed by atoms with Gasteiger partial charge < -0.3 is 4.74 Å². The molecule has 0 heterocycles. The largest absolute Gasteiger partial charge is 0.462 e. The molecule has 0 aromatic heterocycles. The number of hydrogen-bond donors (Lipinski definition) is 0. The van der Waals surface area contributed by atoms with Gasteiger partial charge in [0.25, 0.3) is 0 Å². The van der Waals surface area contributed by atoms with Gasteiger partial charge >= 0.3 is 5.97 Å². The van der Waals surface area contributed by atoms with Crippen molar-refractivity contribution < 1.29 is 18.3 Å². The molecular formula is C10H7F2NO2. The number of nitrogens with zero attached hydrogens (tertiary/aromatic N) is 1. The van der Waals surface area contributed by atoms with Crippen LogP contribution in [0, 0.1) is 23.0 Å². The van der Waals surface area contributed by atoms with E-state index in [-0.39, 0.29) is 12.2 Å². The van der Waals surface area contributed by atoms with Crippen LogP contribution in [-0.4, -0.2) is 12.6 Å². The standard InChI is InChI=1S/C10H7F2NO2/c1-2-15-10(14)7-3-6(5-13)8(11)4-9(7)12/h3-4H,2H2,1H3. The molecule has 0 N–H and O–H groups in total. The number of benzene rings is 1. The molecule has 0 amide bonds. The molecule has 78 valence electrons.